The Bertz CT molecular complexity index is 480. The monoisotopic (exact) mass is 332 g/mol. The maximum Gasteiger partial charge on any atom is 0.313 e. The number of amides is 2. The normalized spacial score (nSPS) is 11.8. The highest BCUT2D eigenvalue weighted by Crippen LogP contribution is 2.19. The van der Waals surface area contributed by atoms with Crippen LogP contribution in [0, 0.1) is 5.82 Å². The van der Waals surface area contributed by atoms with Crippen molar-refractivity contribution in [3.8, 4) is 0 Å². The van der Waals surface area contributed by atoms with Gasteiger partial charge in [-0.15, -0.1) is 0 Å². The average Bonchev–Trinajstić information content (AvgIpc) is 2.32. The summed E-state index contributed by atoms with van der Waals surface area (Å²) in [6.45, 7) is 1.75. The van der Waals surface area contributed by atoms with E-state index < -0.39 is 23.7 Å². The number of halogens is 2. The minimum Gasteiger partial charge on any atom is -0.393 e. The van der Waals surface area contributed by atoms with Crippen LogP contribution in [-0.2, 0) is 9.59 Å². The third-order valence-corrected chi connectivity index (χ3v) is 2.73. The fourth-order valence-corrected chi connectivity index (χ4v) is 1.58. The van der Waals surface area contributed by atoms with Crippen molar-refractivity contribution in [2.75, 3.05) is 11.9 Å². The standard InChI is InChI=1S/C12H14BrFN2O3/c1-7(17)4-5-15-11(18)12(19)16-10-3-2-8(13)6-9(10)14/h2-3,6-7,17H,4-5H2,1H3,(H,15,18)(H,16,19). The van der Waals surface area contributed by atoms with E-state index in [0.29, 0.717) is 10.9 Å². The molecule has 0 aliphatic heterocycles. The van der Waals surface area contributed by atoms with Gasteiger partial charge in [0.1, 0.15) is 5.82 Å². The molecule has 0 spiro atoms. The first kappa shape index (κ1) is 15.6. The lowest BCUT2D eigenvalue weighted by molar-refractivity contribution is -0.136. The van der Waals surface area contributed by atoms with Gasteiger partial charge in [0.05, 0.1) is 11.8 Å². The van der Waals surface area contributed by atoms with E-state index in [1.807, 2.05) is 0 Å². The summed E-state index contributed by atoms with van der Waals surface area (Å²) in [6.07, 6.45) is -0.224. The predicted octanol–water partition coefficient (Wildman–Crippen LogP) is 1.41. The van der Waals surface area contributed by atoms with Crippen LogP contribution in [0.25, 0.3) is 0 Å². The van der Waals surface area contributed by atoms with Crippen LogP contribution >= 0.6 is 15.9 Å². The topological polar surface area (TPSA) is 78.4 Å². The lowest BCUT2D eigenvalue weighted by Crippen LogP contribution is -2.36. The van der Waals surface area contributed by atoms with Gasteiger partial charge in [0.15, 0.2) is 0 Å². The molecular weight excluding hydrogens is 319 g/mol. The molecule has 0 bridgehead atoms. The number of hydrogen-bond acceptors (Lipinski definition) is 3. The molecule has 1 atom stereocenters. The molecule has 0 aliphatic rings. The van der Waals surface area contributed by atoms with Crippen molar-refractivity contribution in [1.82, 2.24) is 5.32 Å². The molecule has 5 nitrogen and oxygen atoms in total. The van der Waals surface area contributed by atoms with Gasteiger partial charge in [-0.3, -0.25) is 9.59 Å². The highest BCUT2D eigenvalue weighted by molar-refractivity contribution is 9.10. The molecule has 0 heterocycles. The minimum absolute atomic E-state index is 0.0705. The van der Waals surface area contributed by atoms with Crippen LogP contribution in [0.2, 0.25) is 0 Å². The van der Waals surface area contributed by atoms with Crippen molar-refractivity contribution in [1.29, 1.82) is 0 Å². The van der Waals surface area contributed by atoms with Gasteiger partial charge in [0.2, 0.25) is 0 Å². The molecule has 0 radical (unpaired) electrons. The Morgan fingerprint density at radius 3 is 2.68 bits per heavy atom. The van der Waals surface area contributed by atoms with E-state index in [2.05, 4.69) is 26.6 Å². The van der Waals surface area contributed by atoms with Crippen LogP contribution < -0.4 is 10.6 Å². The summed E-state index contributed by atoms with van der Waals surface area (Å²) in [7, 11) is 0. The first-order valence-corrected chi connectivity index (χ1v) is 6.41. The lowest BCUT2D eigenvalue weighted by Gasteiger charge is -2.08. The fourth-order valence-electron chi connectivity index (χ4n) is 1.24. The molecule has 1 aromatic rings. The quantitative estimate of drug-likeness (QED) is 0.729. The summed E-state index contributed by atoms with van der Waals surface area (Å²) in [5, 5.41) is 13.5. The molecule has 1 aromatic carbocycles. The number of aliphatic hydroxyl groups is 1. The molecule has 3 N–H and O–H groups in total. The SMILES string of the molecule is CC(O)CCNC(=O)C(=O)Nc1ccc(Br)cc1F. The summed E-state index contributed by atoms with van der Waals surface area (Å²) in [5.74, 6) is -2.46. The van der Waals surface area contributed by atoms with Gasteiger partial charge >= 0.3 is 11.8 Å². The molecule has 0 fully saturated rings. The highest BCUT2D eigenvalue weighted by atomic mass is 79.9. The minimum atomic E-state index is -0.952. The smallest absolute Gasteiger partial charge is 0.313 e. The van der Waals surface area contributed by atoms with E-state index in [1.54, 1.807) is 13.0 Å². The molecule has 1 unspecified atom stereocenters. The van der Waals surface area contributed by atoms with Gasteiger partial charge in [-0.2, -0.15) is 0 Å². The largest absolute Gasteiger partial charge is 0.393 e. The zero-order chi connectivity index (χ0) is 14.4. The Kier molecular flexibility index (Phi) is 5.91. The van der Waals surface area contributed by atoms with Gasteiger partial charge in [0.25, 0.3) is 0 Å². The summed E-state index contributed by atoms with van der Waals surface area (Å²) >= 11 is 3.08. The van der Waals surface area contributed by atoms with Crippen molar-refractivity contribution in [2.24, 2.45) is 0 Å². The van der Waals surface area contributed by atoms with Crippen LogP contribution in [0.15, 0.2) is 22.7 Å². The first-order valence-electron chi connectivity index (χ1n) is 5.62. The third kappa shape index (κ3) is 5.35. The number of rotatable bonds is 4. The number of benzene rings is 1. The fraction of sp³-hybridized carbons (Fsp3) is 0.333. The predicted molar refractivity (Wildman–Crippen MR) is 72.0 cm³/mol. The molecule has 19 heavy (non-hydrogen) atoms. The molecule has 2 amide bonds. The Morgan fingerprint density at radius 2 is 2.11 bits per heavy atom. The summed E-state index contributed by atoms with van der Waals surface area (Å²) in [6, 6.07) is 4.07. The van der Waals surface area contributed by atoms with Crippen molar-refractivity contribution in [3.63, 3.8) is 0 Å². The molecule has 0 saturated heterocycles. The second-order valence-corrected chi connectivity index (χ2v) is 4.89. The average molecular weight is 333 g/mol. The van der Waals surface area contributed by atoms with Crippen molar-refractivity contribution in [2.45, 2.75) is 19.4 Å². The van der Waals surface area contributed by atoms with Gasteiger partial charge < -0.3 is 15.7 Å². The summed E-state index contributed by atoms with van der Waals surface area (Å²) in [5.41, 5.74) is -0.0705. The Labute approximate surface area is 118 Å². The zero-order valence-electron chi connectivity index (χ0n) is 10.2. The molecule has 7 heteroatoms. The number of anilines is 1. The molecule has 0 aliphatic carbocycles. The Balaban J connectivity index is 2.52. The van der Waals surface area contributed by atoms with E-state index in [0.717, 1.165) is 0 Å². The molecular formula is C12H14BrFN2O3. The third-order valence-electron chi connectivity index (χ3n) is 2.23. The first-order chi connectivity index (χ1) is 8.90. The van der Waals surface area contributed by atoms with Crippen LogP contribution in [0.5, 0.6) is 0 Å². The van der Waals surface area contributed by atoms with Crippen LogP contribution in [-0.4, -0.2) is 29.6 Å². The highest BCUT2D eigenvalue weighted by Gasteiger charge is 2.15. The zero-order valence-corrected chi connectivity index (χ0v) is 11.8. The molecule has 0 aromatic heterocycles. The maximum atomic E-state index is 13.4. The second kappa shape index (κ2) is 7.20. The van der Waals surface area contributed by atoms with Crippen LogP contribution in [0.1, 0.15) is 13.3 Å². The van der Waals surface area contributed by atoms with Gasteiger partial charge in [-0.25, -0.2) is 4.39 Å². The lowest BCUT2D eigenvalue weighted by atomic mass is 10.3. The van der Waals surface area contributed by atoms with Crippen LogP contribution in [0.3, 0.4) is 0 Å². The Hall–Kier alpha value is -1.47. The van der Waals surface area contributed by atoms with E-state index >= 15 is 0 Å². The number of hydrogen-bond donors (Lipinski definition) is 3. The number of aliphatic hydroxyl groups excluding tert-OH is 1. The van der Waals surface area contributed by atoms with Crippen molar-refractivity contribution < 1.29 is 19.1 Å². The second-order valence-electron chi connectivity index (χ2n) is 3.97. The molecule has 0 saturated carbocycles. The summed E-state index contributed by atoms with van der Waals surface area (Å²) < 4.78 is 14.0. The number of carbonyl (C=O) groups excluding carboxylic acids is 2. The summed E-state index contributed by atoms with van der Waals surface area (Å²) in [4.78, 5) is 22.8. The molecule has 1 rings (SSSR count). The van der Waals surface area contributed by atoms with E-state index in [9.17, 15) is 14.0 Å². The van der Waals surface area contributed by atoms with Gasteiger partial charge in [-0.05, 0) is 31.5 Å². The Morgan fingerprint density at radius 1 is 1.42 bits per heavy atom. The number of nitrogens with one attached hydrogen (secondary N) is 2. The van der Waals surface area contributed by atoms with Crippen molar-refractivity contribution in [3.05, 3.63) is 28.5 Å². The van der Waals surface area contributed by atoms with Gasteiger partial charge in [0, 0.05) is 11.0 Å². The van der Waals surface area contributed by atoms with Crippen molar-refractivity contribution >= 4 is 33.4 Å². The van der Waals surface area contributed by atoms with E-state index in [4.69, 9.17) is 5.11 Å². The van der Waals surface area contributed by atoms with Gasteiger partial charge in [-0.1, -0.05) is 15.9 Å². The number of carbonyl (C=O) groups is 2. The maximum absolute atomic E-state index is 13.4. The van der Waals surface area contributed by atoms with E-state index in [1.165, 1.54) is 12.1 Å². The van der Waals surface area contributed by atoms with E-state index in [-0.39, 0.29) is 12.2 Å². The van der Waals surface area contributed by atoms with Crippen LogP contribution in [0.4, 0.5) is 10.1 Å². The molecule has 104 valence electrons.